The van der Waals surface area contributed by atoms with Crippen LogP contribution >= 0.6 is 0 Å². The van der Waals surface area contributed by atoms with Crippen molar-refractivity contribution in [1.29, 1.82) is 5.26 Å². The molecule has 62 valence electrons. The van der Waals surface area contributed by atoms with Crippen molar-refractivity contribution in [2.24, 2.45) is 0 Å². The van der Waals surface area contributed by atoms with Gasteiger partial charge < -0.3 is 0 Å². The lowest BCUT2D eigenvalue weighted by molar-refractivity contribution is 0.836. The second-order valence-corrected chi connectivity index (χ2v) is 2.97. The molecule has 0 saturated carbocycles. The third-order valence-electron chi connectivity index (χ3n) is 2.00. The van der Waals surface area contributed by atoms with Crippen molar-refractivity contribution in [2.45, 2.75) is 26.2 Å². The Morgan fingerprint density at radius 3 is 2.67 bits per heavy atom. The van der Waals surface area contributed by atoms with E-state index in [9.17, 15) is 0 Å². The number of hydrogen-bond donors (Lipinski definition) is 0. The summed E-state index contributed by atoms with van der Waals surface area (Å²) in [5.74, 6) is 0. The van der Waals surface area contributed by atoms with Crippen LogP contribution in [0.1, 0.15) is 26.2 Å². The maximum atomic E-state index is 8.35. The van der Waals surface area contributed by atoms with Gasteiger partial charge in [0.25, 0.3) is 0 Å². The smallest absolute Gasteiger partial charge is 0.0621 e. The van der Waals surface area contributed by atoms with Crippen LogP contribution in [-0.2, 0) is 0 Å². The van der Waals surface area contributed by atoms with Crippen LogP contribution in [0.15, 0.2) is 35.5 Å². The fourth-order valence-corrected chi connectivity index (χ4v) is 1.24. The zero-order chi connectivity index (χ0) is 8.81. The lowest BCUT2D eigenvalue weighted by Gasteiger charge is -2.00. The third kappa shape index (κ3) is 2.39. The van der Waals surface area contributed by atoms with Crippen molar-refractivity contribution >= 4 is 0 Å². The molecule has 0 aromatic heterocycles. The summed E-state index contributed by atoms with van der Waals surface area (Å²) in [4.78, 5) is 0. The number of hydrogen-bond acceptors (Lipinski definition) is 1. The van der Waals surface area contributed by atoms with E-state index in [1.165, 1.54) is 11.1 Å². The summed E-state index contributed by atoms with van der Waals surface area (Å²) in [6.45, 7) is 2.13. The molecule has 0 bridgehead atoms. The number of nitrogens with zero attached hydrogens (tertiary/aromatic N) is 1. The fourth-order valence-electron chi connectivity index (χ4n) is 1.24. The summed E-state index contributed by atoms with van der Waals surface area (Å²) < 4.78 is 0. The number of nitriles is 1. The van der Waals surface area contributed by atoms with Crippen molar-refractivity contribution in [3.05, 3.63) is 35.5 Å². The first-order valence-corrected chi connectivity index (χ1v) is 4.26. The molecular formula is C11H13N. The Kier molecular flexibility index (Phi) is 3.35. The maximum absolute atomic E-state index is 8.35. The molecule has 1 aliphatic carbocycles. The summed E-state index contributed by atoms with van der Waals surface area (Å²) in [7, 11) is 0. The monoisotopic (exact) mass is 159 g/mol. The van der Waals surface area contributed by atoms with Gasteiger partial charge in [0.1, 0.15) is 0 Å². The van der Waals surface area contributed by atoms with Gasteiger partial charge in [-0.2, -0.15) is 5.26 Å². The maximum Gasteiger partial charge on any atom is 0.0621 e. The normalized spacial score (nSPS) is 13.5. The van der Waals surface area contributed by atoms with Crippen LogP contribution in [0.3, 0.4) is 0 Å². The van der Waals surface area contributed by atoms with Gasteiger partial charge in [0.05, 0.1) is 6.07 Å². The van der Waals surface area contributed by atoms with E-state index in [0.29, 0.717) is 6.42 Å². The van der Waals surface area contributed by atoms with Crippen molar-refractivity contribution in [2.75, 3.05) is 0 Å². The Morgan fingerprint density at radius 1 is 1.42 bits per heavy atom. The zero-order valence-electron chi connectivity index (χ0n) is 7.38. The van der Waals surface area contributed by atoms with Gasteiger partial charge >= 0.3 is 0 Å². The van der Waals surface area contributed by atoms with Crippen LogP contribution in [-0.4, -0.2) is 0 Å². The van der Waals surface area contributed by atoms with E-state index in [4.69, 9.17) is 5.26 Å². The zero-order valence-corrected chi connectivity index (χ0v) is 7.38. The second kappa shape index (κ2) is 4.56. The Labute approximate surface area is 73.7 Å². The lowest BCUT2D eigenvalue weighted by atomic mass is 10.1. The van der Waals surface area contributed by atoms with Crippen LogP contribution in [0.4, 0.5) is 0 Å². The molecule has 0 saturated heterocycles. The largest absolute Gasteiger partial charge is 0.198 e. The predicted octanol–water partition coefficient (Wildman–Crippen LogP) is 3.12. The minimum atomic E-state index is 0.665. The molecule has 12 heavy (non-hydrogen) atoms. The molecule has 1 rings (SSSR count). The van der Waals surface area contributed by atoms with Crippen molar-refractivity contribution in [3.8, 4) is 6.07 Å². The van der Waals surface area contributed by atoms with Gasteiger partial charge in [-0.15, -0.1) is 0 Å². The molecule has 0 unspecified atom stereocenters. The molecule has 0 amide bonds. The van der Waals surface area contributed by atoms with E-state index in [0.717, 1.165) is 12.8 Å². The van der Waals surface area contributed by atoms with Crippen molar-refractivity contribution in [3.63, 3.8) is 0 Å². The molecular weight excluding hydrogens is 146 g/mol. The van der Waals surface area contributed by atoms with Gasteiger partial charge in [0, 0.05) is 6.42 Å². The molecule has 0 N–H and O–H groups in total. The molecule has 0 aromatic carbocycles. The quantitative estimate of drug-likeness (QED) is 0.580. The van der Waals surface area contributed by atoms with Crippen LogP contribution in [0, 0.1) is 11.3 Å². The Morgan fingerprint density at radius 2 is 2.08 bits per heavy atom. The highest BCUT2D eigenvalue weighted by Crippen LogP contribution is 2.17. The van der Waals surface area contributed by atoms with Crippen LogP contribution in [0.5, 0.6) is 0 Å². The summed E-state index contributed by atoms with van der Waals surface area (Å²) in [5.41, 5.74) is 2.70. The summed E-state index contributed by atoms with van der Waals surface area (Å²) in [6, 6.07) is 2.16. The molecule has 1 heteroatoms. The average molecular weight is 159 g/mol. The minimum absolute atomic E-state index is 0.665. The van der Waals surface area contributed by atoms with E-state index in [-0.39, 0.29) is 0 Å². The predicted molar refractivity (Wildman–Crippen MR) is 50.4 cm³/mol. The highest BCUT2D eigenvalue weighted by molar-refractivity contribution is 5.42. The number of unbranched alkanes of at least 4 members (excludes halogenated alkanes) is 1. The molecule has 1 aliphatic rings. The van der Waals surface area contributed by atoms with Gasteiger partial charge in [-0.05, 0) is 25.3 Å². The van der Waals surface area contributed by atoms with Gasteiger partial charge in [-0.3, -0.25) is 0 Å². The summed E-state index contributed by atoms with van der Waals surface area (Å²) in [5, 5.41) is 8.35. The van der Waals surface area contributed by atoms with Gasteiger partial charge in [-0.25, -0.2) is 0 Å². The van der Waals surface area contributed by atoms with Crippen LogP contribution in [0.25, 0.3) is 0 Å². The van der Waals surface area contributed by atoms with Crippen molar-refractivity contribution < 1.29 is 0 Å². The molecule has 0 heterocycles. The molecule has 0 fully saturated rings. The minimum Gasteiger partial charge on any atom is -0.198 e. The molecule has 0 atom stereocenters. The first-order chi connectivity index (χ1) is 5.84. The van der Waals surface area contributed by atoms with E-state index in [2.05, 4.69) is 25.1 Å². The fraction of sp³-hybridized carbons (Fsp3) is 0.364. The second-order valence-electron chi connectivity index (χ2n) is 2.97. The average Bonchev–Trinajstić information content (AvgIpc) is 2.56. The first kappa shape index (κ1) is 8.80. The number of allylic oxidation sites excluding steroid dienone is 6. The Balaban J connectivity index is 2.42. The summed E-state index contributed by atoms with van der Waals surface area (Å²) in [6.07, 6.45) is 11.0. The molecule has 0 radical (unpaired) electrons. The van der Waals surface area contributed by atoms with E-state index >= 15 is 0 Å². The first-order valence-electron chi connectivity index (χ1n) is 4.26. The van der Waals surface area contributed by atoms with E-state index < -0.39 is 0 Å². The van der Waals surface area contributed by atoms with E-state index in [1.54, 1.807) is 0 Å². The number of rotatable bonds is 3. The topological polar surface area (TPSA) is 23.8 Å². The van der Waals surface area contributed by atoms with Crippen molar-refractivity contribution in [1.82, 2.24) is 0 Å². The van der Waals surface area contributed by atoms with Crippen LogP contribution in [0.2, 0.25) is 0 Å². The highest BCUT2D eigenvalue weighted by atomic mass is 14.2. The highest BCUT2D eigenvalue weighted by Gasteiger charge is 1.98. The Hall–Kier alpha value is -1.29. The molecule has 0 spiro atoms. The summed E-state index contributed by atoms with van der Waals surface area (Å²) >= 11 is 0. The molecule has 1 nitrogen and oxygen atoms in total. The van der Waals surface area contributed by atoms with Gasteiger partial charge in [0.2, 0.25) is 0 Å². The molecule has 0 aliphatic heterocycles. The van der Waals surface area contributed by atoms with Gasteiger partial charge in [-0.1, -0.05) is 29.9 Å². The lowest BCUT2D eigenvalue weighted by Crippen LogP contribution is -1.81. The molecule has 0 aromatic rings. The Bertz CT molecular complexity index is 260. The standard InChI is InChI=1S/C11H13N/c1-10(6-4-5-9-12)11-7-2-3-8-11/h2-3,7-8H,4-6H2,1H3. The van der Waals surface area contributed by atoms with Crippen LogP contribution < -0.4 is 0 Å². The third-order valence-corrected chi connectivity index (χ3v) is 2.00. The SMILES string of the molecule is CC(CCCC#N)=C1C=CC=C1. The van der Waals surface area contributed by atoms with Gasteiger partial charge in [0.15, 0.2) is 0 Å². The van der Waals surface area contributed by atoms with E-state index in [1.807, 2.05) is 12.2 Å².